The number of aliphatic hydroxyl groups is 1. The summed E-state index contributed by atoms with van der Waals surface area (Å²) in [4.78, 5) is 9.82. The van der Waals surface area contributed by atoms with Crippen molar-refractivity contribution in [3.05, 3.63) is 39.7 Å². The first-order valence-corrected chi connectivity index (χ1v) is 5.90. The Morgan fingerprint density at radius 3 is 2.89 bits per heavy atom. The van der Waals surface area contributed by atoms with E-state index in [1.54, 1.807) is 0 Å². The highest BCUT2D eigenvalue weighted by Gasteiger charge is 2.29. The lowest BCUT2D eigenvalue weighted by Crippen LogP contribution is -2.28. The zero-order chi connectivity index (χ0) is 13.1. The van der Waals surface area contributed by atoms with Crippen LogP contribution in [0.25, 0.3) is 0 Å². The van der Waals surface area contributed by atoms with Crippen LogP contribution in [0.5, 0.6) is 0 Å². The lowest BCUT2D eigenvalue weighted by molar-refractivity contribution is -0.387. The maximum Gasteiger partial charge on any atom is 0.305 e. The largest absolute Gasteiger partial charge is 0.392 e. The Labute approximate surface area is 104 Å². The first-order chi connectivity index (χ1) is 8.59. The van der Waals surface area contributed by atoms with Gasteiger partial charge in [-0.15, -0.1) is 0 Å². The Bertz CT molecular complexity index is 449. The molecule has 0 spiro atoms. The maximum atomic E-state index is 13.7. The summed E-state index contributed by atoms with van der Waals surface area (Å²) in [6, 6.07) is 4.09. The lowest BCUT2D eigenvalue weighted by Gasteiger charge is -2.10. The Morgan fingerprint density at radius 2 is 2.28 bits per heavy atom. The standard InChI is InChI=1S/C12H15FN2O3/c13-12-9(2-1-3-10(12)15(17)18)6-14-7-11(16)8-4-5-8/h1-3,8,11,14,16H,4-7H2. The molecular weight excluding hydrogens is 239 g/mol. The summed E-state index contributed by atoms with van der Waals surface area (Å²) < 4.78 is 13.7. The summed E-state index contributed by atoms with van der Waals surface area (Å²) in [6.07, 6.45) is 1.66. The van der Waals surface area contributed by atoms with E-state index in [1.807, 2.05) is 0 Å². The van der Waals surface area contributed by atoms with Crippen LogP contribution in [-0.4, -0.2) is 22.7 Å². The molecule has 0 radical (unpaired) electrons. The number of nitro groups is 1. The number of hydrogen-bond donors (Lipinski definition) is 2. The smallest absolute Gasteiger partial charge is 0.305 e. The minimum Gasteiger partial charge on any atom is -0.392 e. The molecule has 0 aliphatic heterocycles. The Hall–Kier alpha value is -1.53. The molecule has 1 saturated carbocycles. The van der Waals surface area contributed by atoms with Gasteiger partial charge in [-0.25, -0.2) is 0 Å². The van der Waals surface area contributed by atoms with Crippen molar-refractivity contribution in [1.82, 2.24) is 5.32 Å². The number of nitro benzene ring substituents is 1. The van der Waals surface area contributed by atoms with E-state index in [9.17, 15) is 19.6 Å². The summed E-state index contributed by atoms with van der Waals surface area (Å²) in [6.45, 7) is 0.560. The van der Waals surface area contributed by atoms with Crippen molar-refractivity contribution in [1.29, 1.82) is 0 Å². The second kappa shape index (κ2) is 5.41. The Kier molecular flexibility index (Phi) is 3.88. The van der Waals surface area contributed by atoms with Crippen LogP contribution in [0, 0.1) is 21.8 Å². The summed E-state index contributed by atoms with van der Waals surface area (Å²) >= 11 is 0. The van der Waals surface area contributed by atoms with Gasteiger partial charge < -0.3 is 10.4 Å². The number of aliphatic hydroxyl groups excluding tert-OH is 1. The molecule has 1 aliphatic carbocycles. The number of nitrogens with zero attached hydrogens (tertiary/aromatic N) is 1. The molecule has 98 valence electrons. The van der Waals surface area contributed by atoms with Crippen LogP contribution in [0.4, 0.5) is 10.1 Å². The third-order valence-electron chi connectivity index (χ3n) is 3.09. The highest BCUT2D eigenvalue weighted by atomic mass is 19.1. The molecular formula is C12H15FN2O3. The van der Waals surface area contributed by atoms with Gasteiger partial charge in [-0.3, -0.25) is 10.1 Å². The van der Waals surface area contributed by atoms with Crippen molar-refractivity contribution in [3.63, 3.8) is 0 Å². The van der Waals surface area contributed by atoms with E-state index in [0.29, 0.717) is 12.5 Å². The number of hydrogen-bond acceptors (Lipinski definition) is 4. The van der Waals surface area contributed by atoms with E-state index >= 15 is 0 Å². The number of benzene rings is 1. The predicted octanol–water partition coefficient (Wildman–Crippen LogP) is 1.59. The van der Waals surface area contributed by atoms with Gasteiger partial charge in [0.05, 0.1) is 11.0 Å². The topological polar surface area (TPSA) is 75.4 Å². The molecule has 0 saturated heterocycles. The van der Waals surface area contributed by atoms with Crippen LogP contribution in [0.15, 0.2) is 18.2 Å². The highest BCUT2D eigenvalue weighted by molar-refractivity contribution is 5.36. The van der Waals surface area contributed by atoms with Gasteiger partial charge in [0.2, 0.25) is 5.82 Å². The van der Waals surface area contributed by atoms with Crippen molar-refractivity contribution in [2.45, 2.75) is 25.5 Å². The second-order valence-electron chi connectivity index (χ2n) is 4.54. The number of rotatable bonds is 6. The minimum absolute atomic E-state index is 0.178. The fourth-order valence-corrected chi connectivity index (χ4v) is 1.85. The molecule has 1 aromatic rings. The van der Waals surface area contributed by atoms with Crippen molar-refractivity contribution >= 4 is 5.69 Å². The normalized spacial score (nSPS) is 16.6. The molecule has 1 aliphatic rings. The van der Waals surface area contributed by atoms with E-state index < -0.39 is 22.5 Å². The van der Waals surface area contributed by atoms with Crippen LogP contribution in [0.3, 0.4) is 0 Å². The average Bonchev–Trinajstić information content (AvgIpc) is 3.14. The Balaban J connectivity index is 1.92. The maximum absolute atomic E-state index is 13.7. The second-order valence-corrected chi connectivity index (χ2v) is 4.54. The van der Waals surface area contributed by atoms with Crippen LogP contribution >= 0.6 is 0 Å². The zero-order valence-electron chi connectivity index (χ0n) is 9.80. The van der Waals surface area contributed by atoms with Gasteiger partial charge in [0, 0.05) is 24.7 Å². The molecule has 1 unspecified atom stereocenters. The fourth-order valence-electron chi connectivity index (χ4n) is 1.85. The number of halogens is 1. The van der Waals surface area contributed by atoms with Crippen molar-refractivity contribution in [2.75, 3.05) is 6.54 Å². The molecule has 6 heteroatoms. The molecule has 2 rings (SSSR count). The lowest BCUT2D eigenvalue weighted by atomic mass is 10.1. The molecule has 1 atom stereocenters. The molecule has 0 aromatic heterocycles. The predicted molar refractivity (Wildman–Crippen MR) is 63.5 cm³/mol. The van der Waals surface area contributed by atoms with Gasteiger partial charge in [0.25, 0.3) is 0 Å². The quantitative estimate of drug-likeness (QED) is 0.597. The Morgan fingerprint density at radius 1 is 1.56 bits per heavy atom. The van der Waals surface area contributed by atoms with Crippen molar-refractivity contribution in [2.24, 2.45) is 5.92 Å². The van der Waals surface area contributed by atoms with Gasteiger partial charge in [-0.05, 0) is 18.8 Å². The molecule has 5 nitrogen and oxygen atoms in total. The third kappa shape index (κ3) is 3.02. The first kappa shape index (κ1) is 12.9. The molecule has 0 bridgehead atoms. The molecule has 2 N–H and O–H groups in total. The van der Waals surface area contributed by atoms with Gasteiger partial charge in [0.15, 0.2) is 0 Å². The van der Waals surface area contributed by atoms with E-state index in [4.69, 9.17) is 0 Å². The van der Waals surface area contributed by atoms with Crippen molar-refractivity contribution < 1.29 is 14.4 Å². The van der Waals surface area contributed by atoms with E-state index in [0.717, 1.165) is 18.9 Å². The fraction of sp³-hybridized carbons (Fsp3) is 0.500. The van der Waals surface area contributed by atoms with Gasteiger partial charge >= 0.3 is 5.69 Å². The molecule has 18 heavy (non-hydrogen) atoms. The number of nitrogens with one attached hydrogen (secondary N) is 1. The summed E-state index contributed by atoms with van der Waals surface area (Å²) in [7, 11) is 0. The van der Waals surface area contributed by atoms with Crippen LogP contribution < -0.4 is 5.32 Å². The third-order valence-corrected chi connectivity index (χ3v) is 3.09. The van der Waals surface area contributed by atoms with Gasteiger partial charge in [-0.2, -0.15) is 4.39 Å². The monoisotopic (exact) mass is 254 g/mol. The summed E-state index contributed by atoms with van der Waals surface area (Å²) in [5.41, 5.74) is -0.274. The summed E-state index contributed by atoms with van der Waals surface area (Å²) in [5.74, 6) is -0.455. The molecule has 0 heterocycles. The molecule has 0 amide bonds. The minimum atomic E-state index is -0.809. The summed E-state index contributed by atoms with van der Waals surface area (Å²) in [5, 5.41) is 23.1. The van der Waals surface area contributed by atoms with E-state index in [1.165, 1.54) is 12.1 Å². The van der Waals surface area contributed by atoms with Crippen LogP contribution in [-0.2, 0) is 6.54 Å². The SMILES string of the molecule is O=[N+]([O-])c1cccc(CNCC(O)C2CC2)c1F. The average molecular weight is 254 g/mol. The van der Waals surface area contributed by atoms with Gasteiger partial charge in [-0.1, -0.05) is 12.1 Å². The molecule has 1 aromatic carbocycles. The zero-order valence-corrected chi connectivity index (χ0v) is 9.80. The van der Waals surface area contributed by atoms with Crippen LogP contribution in [0.2, 0.25) is 0 Å². The highest BCUT2D eigenvalue weighted by Crippen LogP contribution is 2.32. The first-order valence-electron chi connectivity index (χ1n) is 5.90. The van der Waals surface area contributed by atoms with Crippen molar-refractivity contribution in [3.8, 4) is 0 Å². The van der Waals surface area contributed by atoms with Gasteiger partial charge in [0.1, 0.15) is 0 Å². The van der Waals surface area contributed by atoms with Crippen LogP contribution in [0.1, 0.15) is 18.4 Å². The van der Waals surface area contributed by atoms with E-state index in [2.05, 4.69) is 5.32 Å². The van der Waals surface area contributed by atoms with E-state index in [-0.39, 0.29) is 12.1 Å². The molecule has 1 fully saturated rings.